The molecule has 2 aromatic rings. The number of carbonyl (C=O) groups is 2. The smallest absolute Gasteiger partial charge is 0.244 e. The van der Waals surface area contributed by atoms with Crippen molar-refractivity contribution in [3.05, 3.63) is 71.8 Å². The Morgan fingerprint density at radius 2 is 1.59 bits per heavy atom. The molecule has 1 atom stereocenters. The minimum Gasteiger partial charge on any atom is -0.345 e. The second kappa shape index (κ2) is 10.4. The summed E-state index contributed by atoms with van der Waals surface area (Å²) < 4.78 is 0. The van der Waals surface area contributed by atoms with Crippen LogP contribution in [0.2, 0.25) is 0 Å². The molecule has 1 fully saturated rings. The first-order valence-electron chi connectivity index (χ1n) is 9.91. The van der Waals surface area contributed by atoms with Crippen LogP contribution >= 0.6 is 12.4 Å². The molecule has 0 radical (unpaired) electrons. The van der Waals surface area contributed by atoms with Gasteiger partial charge in [-0.2, -0.15) is 0 Å². The quantitative estimate of drug-likeness (QED) is 0.761. The molecule has 0 bridgehead atoms. The molecule has 1 aliphatic rings. The van der Waals surface area contributed by atoms with Crippen molar-refractivity contribution in [2.24, 2.45) is 11.7 Å². The molecule has 0 saturated carbocycles. The second-order valence-electron chi connectivity index (χ2n) is 7.76. The van der Waals surface area contributed by atoms with Gasteiger partial charge in [-0.15, -0.1) is 12.4 Å². The number of rotatable bonds is 6. The summed E-state index contributed by atoms with van der Waals surface area (Å²) >= 11 is 0. The molecule has 1 heterocycles. The van der Waals surface area contributed by atoms with Gasteiger partial charge in [0, 0.05) is 13.1 Å². The van der Waals surface area contributed by atoms with Crippen LogP contribution < -0.4 is 11.1 Å². The van der Waals surface area contributed by atoms with Crippen LogP contribution in [0.5, 0.6) is 0 Å². The summed E-state index contributed by atoms with van der Waals surface area (Å²) in [6, 6.07) is 19.7. The lowest BCUT2D eigenvalue weighted by atomic mass is 9.90. The number of hydrogen-bond donors (Lipinski definition) is 2. The number of amides is 2. The Balaban J connectivity index is 0.00000300. The molecule has 3 rings (SSSR count). The molecule has 6 heteroatoms. The molecule has 3 N–H and O–H groups in total. The number of benzene rings is 2. The lowest BCUT2D eigenvalue weighted by Gasteiger charge is -2.32. The summed E-state index contributed by atoms with van der Waals surface area (Å²) in [5, 5.41) is 2.71. The standard InChI is InChI=1S/C23H29N3O2.ClH/c1-23(24,20-10-6-3-7-11-20)22(28)25-17-21(27)26-14-12-19(13-15-26)16-18-8-4-2-5-9-18;/h2-11,19H,12-17,24H2,1H3,(H,25,28);1H. The molecule has 5 nitrogen and oxygen atoms in total. The highest BCUT2D eigenvalue weighted by atomic mass is 35.5. The van der Waals surface area contributed by atoms with Gasteiger partial charge in [0.05, 0.1) is 6.54 Å². The van der Waals surface area contributed by atoms with Crippen molar-refractivity contribution >= 4 is 24.2 Å². The summed E-state index contributed by atoms with van der Waals surface area (Å²) in [7, 11) is 0. The van der Waals surface area contributed by atoms with Crippen LogP contribution in [0.25, 0.3) is 0 Å². The van der Waals surface area contributed by atoms with Crippen molar-refractivity contribution in [1.82, 2.24) is 10.2 Å². The van der Waals surface area contributed by atoms with Crippen molar-refractivity contribution in [3.63, 3.8) is 0 Å². The first kappa shape index (κ1) is 22.9. The fourth-order valence-electron chi connectivity index (χ4n) is 3.70. The zero-order valence-electron chi connectivity index (χ0n) is 16.8. The molecule has 1 unspecified atom stereocenters. The third kappa shape index (κ3) is 6.05. The Labute approximate surface area is 179 Å². The van der Waals surface area contributed by atoms with Gasteiger partial charge in [-0.1, -0.05) is 60.7 Å². The maximum absolute atomic E-state index is 12.5. The van der Waals surface area contributed by atoms with Crippen LogP contribution in [0.4, 0.5) is 0 Å². The van der Waals surface area contributed by atoms with Crippen LogP contribution in [0.1, 0.15) is 30.9 Å². The van der Waals surface area contributed by atoms with Crippen LogP contribution in [-0.4, -0.2) is 36.3 Å². The fourth-order valence-corrected chi connectivity index (χ4v) is 3.70. The Bertz CT molecular complexity index is 788. The minimum atomic E-state index is -1.16. The monoisotopic (exact) mass is 415 g/mol. The highest BCUT2D eigenvalue weighted by Gasteiger charge is 2.31. The molecular formula is C23H30ClN3O2. The highest BCUT2D eigenvalue weighted by molar-refractivity contribution is 5.90. The van der Waals surface area contributed by atoms with Crippen molar-refractivity contribution in [3.8, 4) is 0 Å². The first-order valence-corrected chi connectivity index (χ1v) is 9.91. The van der Waals surface area contributed by atoms with E-state index < -0.39 is 5.54 Å². The number of carbonyl (C=O) groups excluding carboxylic acids is 2. The normalized spacial score (nSPS) is 16.4. The first-order chi connectivity index (χ1) is 13.5. The van der Waals surface area contributed by atoms with Crippen molar-refractivity contribution in [1.29, 1.82) is 0 Å². The van der Waals surface area contributed by atoms with Gasteiger partial charge in [-0.3, -0.25) is 9.59 Å². The van der Waals surface area contributed by atoms with E-state index in [9.17, 15) is 9.59 Å². The van der Waals surface area contributed by atoms with Gasteiger partial charge in [0.25, 0.3) is 0 Å². The van der Waals surface area contributed by atoms with Crippen molar-refractivity contribution in [2.45, 2.75) is 31.7 Å². The summed E-state index contributed by atoms with van der Waals surface area (Å²) in [4.78, 5) is 26.8. The number of nitrogens with zero attached hydrogens (tertiary/aromatic N) is 1. The van der Waals surface area contributed by atoms with E-state index in [4.69, 9.17) is 5.73 Å². The summed E-state index contributed by atoms with van der Waals surface area (Å²) in [6.07, 6.45) is 3.04. The van der Waals surface area contributed by atoms with Gasteiger partial charge in [0.1, 0.15) is 5.54 Å². The zero-order chi connectivity index (χ0) is 20.0. The van der Waals surface area contributed by atoms with Gasteiger partial charge < -0.3 is 16.0 Å². The molecule has 1 aliphatic heterocycles. The van der Waals surface area contributed by atoms with E-state index in [1.54, 1.807) is 6.92 Å². The molecule has 0 spiro atoms. The third-order valence-corrected chi connectivity index (χ3v) is 5.58. The van der Waals surface area contributed by atoms with E-state index in [0.29, 0.717) is 5.92 Å². The predicted molar refractivity (Wildman–Crippen MR) is 118 cm³/mol. The largest absolute Gasteiger partial charge is 0.345 e. The Morgan fingerprint density at radius 3 is 2.17 bits per heavy atom. The molecule has 156 valence electrons. The summed E-state index contributed by atoms with van der Waals surface area (Å²) in [5.74, 6) is 0.216. The van der Waals surface area contributed by atoms with E-state index in [1.807, 2.05) is 41.3 Å². The van der Waals surface area contributed by atoms with E-state index in [1.165, 1.54) is 5.56 Å². The minimum absolute atomic E-state index is 0. The lowest BCUT2D eigenvalue weighted by molar-refractivity contribution is -0.135. The zero-order valence-corrected chi connectivity index (χ0v) is 17.7. The molecule has 29 heavy (non-hydrogen) atoms. The van der Waals surface area contributed by atoms with E-state index >= 15 is 0 Å². The Morgan fingerprint density at radius 1 is 1.03 bits per heavy atom. The van der Waals surface area contributed by atoms with E-state index in [-0.39, 0.29) is 30.8 Å². The molecule has 2 aromatic carbocycles. The predicted octanol–water partition coefficient (Wildman–Crippen LogP) is 2.88. The highest BCUT2D eigenvalue weighted by Crippen LogP contribution is 2.22. The van der Waals surface area contributed by atoms with Gasteiger partial charge in [-0.05, 0) is 43.2 Å². The second-order valence-corrected chi connectivity index (χ2v) is 7.76. The molecule has 2 amide bonds. The average Bonchev–Trinajstić information content (AvgIpc) is 2.73. The fraction of sp³-hybridized carbons (Fsp3) is 0.391. The van der Waals surface area contributed by atoms with Crippen LogP contribution in [-0.2, 0) is 21.5 Å². The van der Waals surface area contributed by atoms with E-state index in [2.05, 4.69) is 29.6 Å². The number of nitrogens with one attached hydrogen (secondary N) is 1. The van der Waals surface area contributed by atoms with Gasteiger partial charge in [-0.25, -0.2) is 0 Å². The average molecular weight is 416 g/mol. The van der Waals surface area contributed by atoms with E-state index in [0.717, 1.165) is 37.9 Å². The number of likely N-dealkylation sites (tertiary alicyclic amines) is 1. The van der Waals surface area contributed by atoms with Gasteiger partial charge >= 0.3 is 0 Å². The van der Waals surface area contributed by atoms with Crippen LogP contribution in [0, 0.1) is 5.92 Å². The van der Waals surface area contributed by atoms with Crippen molar-refractivity contribution in [2.75, 3.05) is 19.6 Å². The maximum Gasteiger partial charge on any atom is 0.244 e. The van der Waals surface area contributed by atoms with Crippen LogP contribution in [0.15, 0.2) is 60.7 Å². The van der Waals surface area contributed by atoms with Gasteiger partial charge in [0.15, 0.2) is 0 Å². The number of hydrogen-bond acceptors (Lipinski definition) is 3. The topological polar surface area (TPSA) is 75.4 Å². The SMILES string of the molecule is CC(N)(C(=O)NCC(=O)N1CCC(Cc2ccccc2)CC1)c1ccccc1.Cl. The summed E-state index contributed by atoms with van der Waals surface area (Å²) in [6.45, 7) is 3.13. The van der Waals surface area contributed by atoms with Crippen molar-refractivity contribution < 1.29 is 9.59 Å². The molecule has 0 aromatic heterocycles. The third-order valence-electron chi connectivity index (χ3n) is 5.58. The molecule has 1 saturated heterocycles. The number of nitrogens with two attached hydrogens (primary N) is 1. The Kier molecular flexibility index (Phi) is 8.23. The van der Waals surface area contributed by atoms with Gasteiger partial charge in [0.2, 0.25) is 11.8 Å². The number of halogens is 1. The summed E-state index contributed by atoms with van der Waals surface area (Å²) in [5.41, 5.74) is 7.11. The Hall–Kier alpha value is -2.37. The molecule has 0 aliphatic carbocycles. The maximum atomic E-state index is 12.5. The lowest BCUT2D eigenvalue weighted by Crippen LogP contribution is -2.52. The number of piperidine rings is 1. The van der Waals surface area contributed by atoms with Crippen LogP contribution in [0.3, 0.4) is 0 Å². The molecular weight excluding hydrogens is 386 g/mol.